The van der Waals surface area contributed by atoms with E-state index < -0.39 is 24.1 Å². The van der Waals surface area contributed by atoms with E-state index in [1.807, 2.05) is 28.7 Å². The van der Waals surface area contributed by atoms with Gasteiger partial charge < -0.3 is 10.1 Å². The summed E-state index contributed by atoms with van der Waals surface area (Å²) < 4.78 is 59.6. The average molecular weight is 504 g/mol. The van der Waals surface area contributed by atoms with Crippen molar-refractivity contribution in [3.8, 4) is 0 Å². The standard InChI is InChI=1S/C17H21F4IN2OS/c18-16-14(8-24(16)11-4-5-25-9-11)23-13-3-1-2-12(15(13)26)10(7-22)6-17(19,20)21/h1-3,7,11,13-16,23,26H,4-6,8-9H2/b10-7+. The number of nitrogens with one attached hydrogen (secondary N) is 1. The van der Waals surface area contributed by atoms with Gasteiger partial charge in [-0.1, -0.05) is 40.8 Å². The third-order valence-electron chi connectivity index (χ3n) is 4.98. The fraction of sp³-hybridized carbons (Fsp3) is 0.647. The molecule has 0 amide bonds. The summed E-state index contributed by atoms with van der Waals surface area (Å²) in [6, 6.07) is -0.551. The number of nitrogens with zero attached hydrogens (tertiary/aromatic N) is 1. The highest BCUT2D eigenvalue weighted by atomic mass is 127. The van der Waals surface area contributed by atoms with Gasteiger partial charge in [-0.3, -0.25) is 4.90 Å². The molecule has 2 fully saturated rings. The maximum absolute atomic E-state index is 14.5. The molecule has 26 heavy (non-hydrogen) atoms. The summed E-state index contributed by atoms with van der Waals surface area (Å²) in [5, 5.41) is 2.75. The monoisotopic (exact) mass is 504 g/mol. The molecule has 0 saturated carbocycles. The van der Waals surface area contributed by atoms with Gasteiger partial charge in [0.2, 0.25) is 0 Å². The van der Waals surface area contributed by atoms with Gasteiger partial charge in [-0.05, 0) is 21.6 Å². The molecule has 3 aliphatic rings. The maximum atomic E-state index is 14.5. The smallest absolute Gasteiger partial charge is 0.380 e. The summed E-state index contributed by atoms with van der Waals surface area (Å²) in [5.41, 5.74) is 0.722. The minimum atomic E-state index is -4.28. The Kier molecular flexibility index (Phi) is 6.75. The second kappa shape index (κ2) is 8.50. The van der Waals surface area contributed by atoms with Crippen LogP contribution in [0, 0.1) is 0 Å². The highest BCUT2D eigenvalue weighted by Gasteiger charge is 2.45. The molecular formula is C17H21F4IN2OS. The molecule has 146 valence electrons. The Morgan fingerprint density at radius 3 is 2.81 bits per heavy atom. The van der Waals surface area contributed by atoms with Crippen molar-refractivity contribution in [1.82, 2.24) is 10.2 Å². The number of likely N-dealkylation sites (tertiary alicyclic amines) is 1. The Balaban J connectivity index is 1.59. The number of rotatable bonds is 5. The zero-order valence-corrected chi connectivity index (χ0v) is 17.0. The molecular weight excluding hydrogens is 483 g/mol. The lowest BCUT2D eigenvalue weighted by molar-refractivity contribution is -0.126. The number of halogens is 5. The van der Waals surface area contributed by atoms with Crippen LogP contribution in [0.5, 0.6) is 0 Å². The predicted octanol–water partition coefficient (Wildman–Crippen LogP) is 3.78. The number of ether oxygens (including phenoxy) is 1. The van der Waals surface area contributed by atoms with Crippen LogP contribution in [0.4, 0.5) is 17.6 Å². The molecule has 5 atom stereocenters. The van der Waals surface area contributed by atoms with Crippen LogP contribution in [-0.4, -0.2) is 60.5 Å². The fourth-order valence-electron chi connectivity index (χ4n) is 3.56. The first-order valence-corrected chi connectivity index (χ1v) is 10.2. The lowest BCUT2D eigenvalue weighted by Crippen LogP contribution is -2.68. The molecule has 0 bridgehead atoms. The molecule has 2 saturated heterocycles. The van der Waals surface area contributed by atoms with Crippen molar-refractivity contribution in [2.24, 2.45) is 0 Å². The van der Waals surface area contributed by atoms with E-state index in [-0.39, 0.29) is 23.7 Å². The molecule has 3 nitrogen and oxygen atoms in total. The van der Waals surface area contributed by atoms with Crippen LogP contribution < -0.4 is 5.32 Å². The number of allylic oxidation sites excluding steroid dienone is 3. The quantitative estimate of drug-likeness (QED) is 0.258. The summed E-state index contributed by atoms with van der Waals surface area (Å²) >= 11 is 6.34. The van der Waals surface area contributed by atoms with Gasteiger partial charge in [-0.25, -0.2) is 4.39 Å². The van der Waals surface area contributed by atoms with E-state index in [0.717, 1.165) is 6.42 Å². The third kappa shape index (κ3) is 4.65. The highest BCUT2D eigenvalue weighted by Crippen LogP contribution is 2.35. The zero-order chi connectivity index (χ0) is 18.9. The van der Waals surface area contributed by atoms with E-state index in [4.69, 9.17) is 4.74 Å². The molecule has 0 aromatic heterocycles. The Labute approximate surface area is 169 Å². The van der Waals surface area contributed by atoms with E-state index in [1.165, 1.54) is 4.08 Å². The molecule has 2 aliphatic heterocycles. The van der Waals surface area contributed by atoms with E-state index in [0.29, 0.717) is 25.3 Å². The van der Waals surface area contributed by atoms with Crippen LogP contribution in [0.1, 0.15) is 12.8 Å². The summed E-state index contributed by atoms with van der Waals surface area (Å²) in [4.78, 5) is 1.78. The Bertz CT molecular complexity index is 604. The summed E-state index contributed by atoms with van der Waals surface area (Å²) in [7, 11) is 0. The first kappa shape index (κ1) is 20.6. The van der Waals surface area contributed by atoms with Gasteiger partial charge >= 0.3 is 6.18 Å². The van der Waals surface area contributed by atoms with Gasteiger partial charge in [0.1, 0.15) is 0 Å². The largest absolute Gasteiger partial charge is 0.393 e. The summed E-state index contributed by atoms with van der Waals surface area (Å²) in [5.74, 6) is 0. The van der Waals surface area contributed by atoms with Crippen molar-refractivity contribution < 1.29 is 22.3 Å². The van der Waals surface area contributed by atoms with Crippen molar-refractivity contribution >= 4 is 35.2 Å². The molecule has 0 aromatic carbocycles. The van der Waals surface area contributed by atoms with Crippen LogP contribution in [0.15, 0.2) is 33.5 Å². The van der Waals surface area contributed by atoms with Gasteiger partial charge in [0.15, 0.2) is 6.30 Å². The van der Waals surface area contributed by atoms with Crippen molar-refractivity contribution in [2.45, 2.75) is 48.7 Å². The molecule has 5 unspecified atom stereocenters. The fourth-order valence-corrected chi connectivity index (χ4v) is 4.58. The van der Waals surface area contributed by atoms with Crippen LogP contribution in [0.3, 0.4) is 0 Å². The van der Waals surface area contributed by atoms with Crippen LogP contribution in [0.2, 0.25) is 0 Å². The molecule has 3 rings (SSSR count). The molecule has 0 spiro atoms. The van der Waals surface area contributed by atoms with Crippen LogP contribution >= 0.6 is 35.2 Å². The first-order chi connectivity index (χ1) is 12.3. The van der Waals surface area contributed by atoms with Gasteiger partial charge in [0.25, 0.3) is 0 Å². The van der Waals surface area contributed by atoms with E-state index in [9.17, 15) is 17.6 Å². The van der Waals surface area contributed by atoms with Crippen molar-refractivity contribution in [3.63, 3.8) is 0 Å². The molecule has 1 aliphatic carbocycles. The number of thiol groups is 1. The number of alkyl halides is 4. The van der Waals surface area contributed by atoms with Crippen LogP contribution in [-0.2, 0) is 4.74 Å². The zero-order valence-electron chi connectivity index (χ0n) is 13.9. The Morgan fingerprint density at radius 1 is 1.46 bits per heavy atom. The minimum absolute atomic E-state index is 0.118. The average Bonchev–Trinajstić information content (AvgIpc) is 3.10. The van der Waals surface area contributed by atoms with Crippen molar-refractivity contribution in [3.05, 3.63) is 33.5 Å². The summed E-state index contributed by atoms with van der Waals surface area (Å²) in [6.07, 6.45) is -0.360. The molecule has 1 N–H and O–H groups in total. The van der Waals surface area contributed by atoms with E-state index in [2.05, 4.69) is 17.9 Å². The van der Waals surface area contributed by atoms with E-state index in [1.54, 1.807) is 17.1 Å². The molecule has 0 aromatic rings. The number of hydrogen-bond donors (Lipinski definition) is 2. The Hall–Kier alpha value is -0.100. The second-order valence-corrected chi connectivity index (χ2v) is 7.94. The van der Waals surface area contributed by atoms with Crippen molar-refractivity contribution in [1.29, 1.82) is 0 Å². The molecule has 0 radical (unpaired) electrons. The normalized spacial score (nSPS) is 36.2. The van der Waals surface area contributed by atoms with Crippen LogP contribution in [0.25, 0.3) is 0 Å². The van der Waals surface area contributed by atoms with Gasteiger partial charge in [-0.2, -0.15) is 25.8 Å². The minimum Gasteiger partial charge on any atom is -0.380 e. The van der Waals surface area contributed by atoms with Crippen molar-refractivity contribution in [2.75, 3.05) is 19.8 Å². The first-order valence-electron chi connectivity index (χ1n) is 8.46. The lowest BCUT2D eigenvalue weighted by Gasteiger charge is -2.48. The lowest BCUT2D eigenvalue weighted by atomic mass is 9.91. The highest BCUT2D eigenvalue weighted by molar-refractivity contribution is 14.1. The van der Waals surface area contributed by atoms with Gasteiger partial charge in [0.05, 0.1) is 19.1 Å². The van der Waals surface area contributed by atoms with Gasteiger partial charge in [-0.15, -0.1) is 0 Å². The number of hydrogen-bond acceptors (Lipinski definition) is 4. The van der Waals surface area contributed by atoms with Gasteiger partial charge in [0, 0.05) is 30.5 Å². The molecule has 9 heteroatoms. The molecule has 2 heterocycles. The summed E-state index contributed by atoms with van der Waals surface area (Å²) in [6.45, 7) is 1.78. The third-order valence-corrected chi connectivity index (χ3v) is 6.34. The SMILES string of the molecule is FC1C(NC2C=CC=C(/C(=C/I)CC(F)(F)F)C2S)CN1C1CCOC1. The Morgan fingerprint density at radius 2 is 2.23 bits per heavy atom. The van der Waals surface area contributed by atoms with E-state index >= 15 is 0 Å². The maximum Gasteiger partial charge on any atom is 0.393 e. The topological polar surface area (TPSA) is 24.5 Å². The second-order valence-electron chi connectivity index (χ2n) is 6.76. The predicted molar refractivity (Wildman–Crippen MR) is 104 cm³/mol.